The van der Waals surface area contributed by atoms with Crippen molar-refractivity contribution in [3.05, 3.63) is 40.0 Å². The van der Waals surface area contributed by atoms with Crippen LogP contribution in [0.5, 0.6) is 0 Å². The Kier molecular flexibility index (Phi) is 4.16. The molecule has 118 valence electrons. The zero-order chi connectivity index (χ0) is 15.7. The Hall–Kier alpha value is -1.51. The van der Waals surface area contributed by atoms with Crippen LogP contribution in [0.15, 0.2) is 34.4 Å². The van der Waals surface area contributed by atoms with Crippen molar-refractivity contribution < 1.29 is 8.42 Å². The van der Waals surface area contributed by atoms with Gasteiger partial charge in [0.05, 0.1) is 17.7 Å². The van der Waals surface area contributed by atoms with Gasteiger partial charge in [-0.25, -0.2) is 13.1 Å². The van der Waals surface area contributed by atoms with E-state index in [2.05, 4.69) is 5.10 Å². The van der Waals surface area contributed by atoms with Crippen molar-refractivity contribution >= 4 is 21.4 Å². The minimum Gasteiger partial charge on any atom is -0.268 e. The summed E-state index contributed by atoms with van der Waals surface area (Å²) in [5, 5.41) is 6.34. The van der Waals surface area contributed by atoms with Gasteiger partial charge in [-0.1, -0.05) is 6.07 Å². The van der Waals surface area contributed by atoms with Crippen LogP contribution in [-0.2, 0) is 16.6 Å². The van der Waals surface area contributed by atoms with Crippen molar-refractivity contribution in [2.24, 2.45) is 0 Å². The summed E-state index contributed by atoms with van der Waals surface area (Å²) in [5.74, 6) is 0. The Bertz CT molecular complexity index is 812. The van der Waals surface area contributed by atoms with Gasteiger partial charge in [0.1, 0.15) is 5.69 Å². The van der Waals surface area contributed by atoms with Gasteiger partial charge in [-0.3, -0.25) is 4.79 Å². The molecule has 0 amide bonds. The largest absolute Gasteiger partial charge is 0.268 e. The third-order valence-corrected chi connectivity index (χ3v) is 6.00. The summed E-state index contributed by atoms with van der Waals surface area (Å²) in [6.07, 6.45) is 2.78. The fourth-order valence-electron chi connectivity index (χ4n) is 2.76. The summed E-state index contributed by atoms with van der Waals surface area (Å²) in [7, 11) is -3.25. The third-order valence-electron chi connectivity index (χ3n) is 3.77. The molecule has 0 radical (unpaired) electrons. The van der Waals surface area contributed by atoms with Crippen molar-refractivity contribution in [1.82, 2.24) is 14.1 Å². The first-order chi connectivity index (χ1) is 10.4. The minimum absolute atomic E-state index is 0.196. The van der Waals surface area contributed by atoms with E-state index < -0.39 is 10.0 Å². The van der Waals surface area contributed by atoms with E-state index in [1.165, 1.54) is 21.3 Å². The maximum Gasteiger partial charge on any atom is 0.266 e. The molecule has 1 fully saturated rings. The van der Waals surface area contributed by atoms with Crippen LogP contribution in [0.3, 0.4) is 0 Å². The summed E-state index contributed by atoms with van der Waals surface area (Å²) in [4.78, 5) is 13.0. The van der Waals surface area contributed by atoms with Crippen LogP contribution < -0.4 is 5.56 Å². The molecule has 1 aliphatic rings. The highest BCUT2D eigenvalue weighted by Crippen LogP contribution is 2.23. The first-order valence-electron chi connectivity index (χ1n) is 7.04. The number of hydrogen-bond donors (Lipinski definition) is 0. The molecule has 3 heterocycles. The second-order valence-electron chi connectivity index (χ2n) is 5.39. The Morgan fingerprint density at radius 1 is 1.36 bits per heavy atom. The van der Waals surface area contributed by atoms with Gasteiger partial charge in [0.2, 0.25) is 10.0 Å². The molecule has 2 aromatic rings. The highest BCUT2D eigenvalue weighted by atomic mass is 32.2. The van der Waals surface area contributed by atoms with Crippen molar-refractivity contribution in [2.75, 3.05) is 12.8 Å². The predicted molar refractivity (Wildman–Crippen MR) is 86.4 cm³/mol. The molecule has 0 saturated carbocycles. The Balaban J connectivity index is 1.89. The highest BCUT2D eigenvalue weighted by molar-refractivity contribution is 7.88. The van der Waals surface area contributed by atoms with E-state index in [1.807, 2.05) is 17.5 Å². The van der Waals surface area contributed by atoms with Gasteiger partial charge in [-0.05, 0) is 30.4 Å². The zero-order valence-electron chi connectivity index (χ0n) is 12.2. The summed E-state index contributed by atoms with van der Waals surface area (Å²) in [6, 6.07) is 6.87. The summed E-state index contributed by atoms with van der Waals surface area (Å²) in [6.45, 7) is 0.813. The summed E-state index contributed by atoms with van der Waals surface area (Å²) in [5.41, 5.74) is 0.527. The topological polar surface area (TPSA) is 72.3 Å². The molecule has 0 N–H and O–H groups in total. The smallest absolute Gasteiger partial charge is 0.266 e. The number of nitrogens with zero attached hydrogens (tertiary/aromatic N) is 3. The van der Waals surface area contributed by atoms with Crippen LogP contribution in [0.25, 0.3) is 10.6 Å². The lowest BCUT2D eigenvalue weighted by molar-refractivity contribution is 0.338. The van der Waals surface area contributed by atoms with Crippen LogP contribution in [0, 0.1) is 0 Å². The summed E-state index contributed by atoms with van der Waals surface area (Å²) >= 11 is 1.55. The number of aromatic nitrogens is 2. The molecular formula is C14H17N3O3S2. The zero-order valence-corrected chi connectivity index (χ0v) is 13.8. The molecule has 6 nitrogen and oxygen atoms in total. The fraction of sp³-hybridized carbons (Fsp3) is 0.429. The van der Waals surface area contributed by atoms with Gasteiger partial charge in [0.15, 0.2) is 0 Å². The fourth-order valence-corrected chi connectivity index (χ4v) is 4.63. The van der Waals surface area contributed by atoms with Gasteiger partial charge < -0.3 is 0 Å². The molecule has 2 aromatic heterocycles. The average molecular weight is 339 g/mol. The van der Waals surface area contributed by atoms with Crippen molar-refractivity contribution in [1.29, 1.82) is 0 Å². The van der Waals surface area contributed by atoms with Crippen LogP contribution in [0.1, 0.15) is 12.8 Å². The Labute approximate surface area is 133 Å². The highest BCUT2D eigenvalue weighted by Gasteiger charge is 2.32. The van der Waals surface area contributed by atoms with Crippen LogP contribution in [0.2, 0.25) is 0 Å². The maximum atomic E-state index is 12.0. The van der Waals surface area contributed by atoms with Gasteiger partial charge in [0, 0.05) is 18.7 Å². The van der Waals surface area contributed by atoms with Crippen molar-refractivity contribution in [2.45, 2.75) is 25.4 Å². The monoisotopic (exact) mass is 339 g/mol. The van der Waals surface area contributed by atoms with Crippen molar-refractivity contribution in [3.63, 3.8) is 0 Å². The predicted octanol–water partition coefficient (Wildman–Crippen LogP) is 1.40. The number of rotatable bonds is 4. The lowest BCUT2D eigenvalue weighted by atomic mass is 10.2. The van der Waals surface area contributed by atoms with Crippen LogP contribution in [0.4, 0.5) is 0 Å². The van der Waals surface area contributed by atoms with Crippen molar-refractivity contribution in [3.8, 4) is 10.6 Å². The summed E-state index contributed by atoms with van der Waals surface area (Å²) < 4.78 is 26.4. The Morgan fingerprint density at radius 3 is 2.86 bits per heavy atom. The molecule has 0 spiro atoms. The molecule has 0 aliphatic carbocycles. The lowest BCUT2D eigenvalue weighted by Crippen LogP contribution is -2.40. The molecule has 1 atom stereocenters. The maximum absolute atomic E-state index is 12.0. The molecule has 1 aliphatic heterocycles. The van der Waals surface area contributed by atoms with E-state index in [-0.39, 0.29) is 11.6 Å². The molecule has 0 bridgehead atoms. The van der Waals surface area contributed by atoms with E-state index >= 15 is 0 Å². The van der Waals surface area contributed by atoms with E-state index in [0.717, 1.165) is 23.4 Å². The third kappa shape index (κ3) is 3.13. The second-order valence-corrected chi connectivity index (χ2v) is 8.27. The number of thiophene rings is 1. The normalized spacial score (nSPS) is 19.6. The van der Waals surface area contributed by atoms with E-state index in [0.29, 0.717) is 13.1 Å². The standard InChI is InChI=1S/C14H17N3O3S2/c1-22(19,20)17-8-2-4-11(17)10-16-14(18)7-6-12(15-16)13-5-3-9-21-13/h3,5-7,9,11H,2,4,8,10H2,1H3/t11-/m1/s1. The molecule has 8 heteroatoms. The SMILES string of the molecule is CS(=O)(=O)N1CCC[C@@H]1Cn1nc(-c2cccs2)ccc1=O. The molecular weight excluding hydrogens is 322 g/mol. The quantitative estimate of drug-likeness (QED) is 0.844. The van der Waals surface area contributed by atoms with E-state index in [1.54, 1.807) is 17.4 Å². The van der Waals surface area contributed by atoms with E-state index in [4.69, 9.17) is 0 Å². The molecule has 22 heavy (non-hydrogen) atoms. The Morgan fingerprint density at radius 2 is 2.18 bits per heavy atom. The van der Waals surface area contributed by atoms with Crippen LogP contribution in [-0.4, -0.2) is 41.3 Å². The van der Waals surface area contributed by atoms with Gasteiger partial charge in [0.25, 0.3) is 5.56 Å². The van der Waals surface area contributed by atoms with Gasteiger partial charge in [-0.15, -0.1) is 11.3 Å². The number of sulfonamides is 1. The minimum atomic E-state index is -3.25. The second kappa shape index (κ2) is 5.94. The van der Waals surface area contributed by atoms with Crippen LogP contribution >= 0.6 is 11.3 Å². The molecule has 1 saturated heterocycles. The van der Waals surface area contributed by atoms with Gasteiger partial charge in [-0.2, -0.15) is 9.40 Å². The number of hydrogen-bond acceptors (Lipinski definition) is 5. The molecule has 0 unspecified atom stereocenters. The first-order valence-corrected chi connectivity index (χ1v) is 9.77. The molecule has 3 rings (SSSR count). The average Bonchev–Trinajstić information content (AvgIpc) is 3.11. The first kappa shape index (κ1) is 15.4. The molecule has 0 aromatic carbocycles. The lowest BCUT2D eigenvalue weighted by Gasteiger charge is -2.22. The van der Waals surface area contributed by atoms with E-state index in [9.17, 15) is 13.2 Å². The van der Waals surface area contributed by atoms with Gasteiger partial charge >= 0.3 is 0 Å².